The van der Waals surface area contributed by atoms with Gasteiger partial charge < -0.3 is 15.1 Å². The van der Waals surface area contributed by atoms with E-state index in [1.165, 1.54) is 19.1 Å². The number of halogens is 4. The molecule has 41 heavy (non-hydrogen) atoms. The molecule has 0 aliphatic rings. The van der Waals surface area contributed by atoms with Gasteiger partial charge in [-0.3, -0.25) is 9.59 Å². The van der Waals surface area contributed by atoms with E-state index in [1.807, 2.05) is 31.2 Å². The minimum Gasteiger partial charge on any atom is -0.460 e. The van der Waals surface area contributed by atoms with Gasteiger partial charge in [0.15, 0.2) is 0 Å². The molecule has 1 unspecified atom stereocenters. The predicted octanol–water partition coefficient (Wildman–Crippen LogP) is 7.98. The molecule has 0 aliphatic heterocycles. The maximum atomic E-state index is 13.7. The Morgan fingerprint density at radius 2 is 1.76 bits per heavy atom. The van der Waals surface area contributed by atoms with Gasteiger partial charge in [0, 0.05) is 46.3 Å². The molecule has 0 bridgehead atoms. The van der Waals surface area contributed by atoms with Gasteiger partial charge in [-0.05, 0) is 59.7 Å². The first-order chi connectivity index (χ1) is 19.5. The van der Waals surface area contributed by atoms with E-state index < -0.39 is 17.8 Å². The lowest BCUT2D eigenvalue weighted by Crippen LogP contribution is -2.37. The summed E-state index contributed by atoms with van der Waals surface area (Å²) in [7, 11) is 0. The van der Waals surface area contributed by atoms with Gasteiger partial charge in [-0.15, -0.1) is 11.8 Å². The number of furan rings is 1. The third kappa shape index (κ3) is 7.45. The Labute approximate surface area is 245 Å². The molecule has 2 N–H and O–H groups in total. The number of rotatable bonds is 10. The Bertz CT molecular complexity index is 1550. The molecular weight excluding hydrogens is 573 g/mol. The summed E-state index contributed by atoms with van der Waals surface area (Å²) in [4.78, 5) is 26.0. The molecule has 0 fully saturated rings. The highest BCUT2D eigenvalue weighted by molar-refractivity contribution is 7.99. The molecule has 4 aromatic rings. The van der Waals surface area contributed by atoms with Crippen molar-refractivity contribution >= 4 is 46.1 Å². The van der Waals surface area contributed by atoms with Crippen LogP contribution in [0.15, 0.2) is 70.0 Å². The van der Waals surface area contributed by atoms with Crippen molar-refractivity contribution in [3.63, 3.8) is 0 Å². The van der Waals surface area contributed by atoms with Crippen LogP contribution < -0.4 is 10.6 Å². The van der Waals surface area contributed by atoms with Crippen molar-refractivity contribution < 1.29 is 27.2 Å². The number of nitrogens with one attached hydrogen (secondary N) is 2. The van der Waals surface area contributed by atoms with Crippen molar-refractivity contribution in [1.29, 1.82) is 0 Å². The maximum Gasteiger partial charge on any atom is 0.416 e. The number of fused-ring (bicyclic) bond motifs is 1. The molecule has 3 aromatic carbocycles. The fraction of sp³-hybridized carbons (Fsp3) is 0.290. The van der Waals surface area contributed by atoms with Crippen LogP contribution in [-0.2, 0) is 23.8 Å². The van der Waals surface area contributed by atoms with Gasteiger partial charge in [-0.1, -0.05) is 49.7 Å². The number of carbonyl (C=O) groups excluding carboxylic acids is 2. The van der Waals surface area contributed by atoms with E-state index in [-0.39, 0.29) is 35.4 Å². The van der Waals surface area contributed by atoms with Crippen LogP contribution in [-0.4, -0.2) is 24.1 Å². The molecule has 5 nitrogen and oxygen atoms in total. The van der Waals surface area contributed by atoms with Crippen LogP contribution in [0.1, 0.15) is 65.2 Å². The summed E-state index contributed by atoms with van der Waals surface area (Å²) < 4.78 is 47.1. The van der Waals surface area contributed by atoms with E-state index in [0.29, 0.717) is 23.3 Å². The van der Waals surface area contributed by atoms with Gasteiger partial charge >= 0.3 is 6.18 Å². The SMILES string of the molecule is CCSc1ccc(C(CNC(C)=O)NC(=O)c2ccc3c(CC)c(Cc4ccc(Cl)cc4C(F)(F)F)oc3c2)cc1. The Balaban J connectivity index is 1.62. The fourth-order valence-corrected chi connectivity index (χ4v) is 5.55. The van der Waals surface area contributed by atoms with Crippen LogP contribution in [0, 0.1) is 0 Å². The van der Waals surface area contributed by atoms with Crippen molar-refractivity contribution in [3.05, 3.63) is 99.3 Å². The number of hydrogen-bond acceptors (Lipinski definition) is 4. The zero-order valence-corrected chi connectivity index (χ0v) is 24.4. The van der Waals surface area contributed by atoms with Crippen molar-refractivity contribution in [3.8, 4) is 0 Å². The largest absolute Gasteiger partial charge is 0.460 e. The van der Waals surface area contributed by atoms with E-state index in [2.05, 4.69) is 17.6 Å². The lowest BCUT2D eigenvalue weighted by molar-refractivity contribution is -0.138. The molecule has 0 saturated carbocycles. The molecule has 1 heterocycles. The predicted molar refractivity (Wildman–Crippen MR) is 157 cm³/mol. The monoisotopic (exact) mass is 602 g/mol. The van der Waals surface area contributed by atoms with Crippen LogP contribution in [0.4, 0.5) is 13.2 Å². The van der Waals surface area contributed by atoms with Crippen LogP contribution in [0.25, 0.3) is 11.0 Å². The molecule has 1 atom stereocenters. The van der Waals surface area contributed by atoms with Crippen LogP contribution in [0.2, 0.25) is 5.02 Å². The van der Waals surface area contributed by atoms with Crippen LogP contribution in [0.3, 0.4) is 0 Å². The molecule has 4 rings (SSSR count). The fourth-order valence-electron chi connectivity index (χ4n) is 4.71. The smallest absolute Gasteiger partial charge is 0.416 e. The van der Waals surface area contributed by atoms with Gasteiger partial charge in [0.2, 0.25) is 5.91 Å². The molecule has 2 amide bonds. The van der Waals surface area contributed by atoms with E-state index in [0.717, 1.165) is 33.2 Å². The summed E-state index contributed by atoms with van der Waals surface area (Å²) >= 11 is 7.55. The molecule has 0 saturated heterocycles. The second-order valence-electron chi connectivity index (χ2n) is 9.51. The number of benzene rings is 3. The highest BCUT2D eigenvalue weighted by Crippen LogP contribution is 2.36. The molecule has 1 aromatic heterocycles. The summed E-state index contributed by atoms with van der Waals surface area (Å²) in [5.74, 6) is 0.753. The van der Waals surface area contributed by atoms with Crippen molar-refractivity contribution in [2.24, 2.45) is 0 Å². The zero-order chi connectivity index (χ0) is 29.7. The molecular formula is C31H30ClF3N2O3S. The lowest BCUT2D eigenvalue weighted by Gasteiger charge is -2.20. The number of alkyl halides is 3. The van der Waals surface area contributed by atoms with Gasteiger partial charge in [-0.2, -0.15) is 13.2 Å². The normalized spacial score (nSPS) is 12.4. The van der Waals surface area contributed by atoms with Gasteiger partial charge in [0.25, 0.3) is 5.91 Å². The van der Waals surface area contributed by atoms with Crippen LogP contribution >= 0.6 is 23.4 Å². The quantitative estimate of drug-likeness (QED) is 0.181. The first-order valence-corrected chi connectivity index (χ1v) is 14.5. The van der Waals surface area contributed by atoms with Gasteiger partial charge in [0.1, 0.15) is 11.3 Å². The third-order valence-electron chi connectivity index (χ3n) is 6.67. The molecule has 0 spiro atoms. The maximum absolute atomic E-state index is 13.7. The topological polar surface area (TPSA) is 71.3 Å². The summed E-state index contributed by atoms with van der Waals surface area (Å²) in [6.45, 7) is 5.59. The minimum atomic E-state index is -4.56. The summed E-state index contributed by atoms with van der Waals surface area (Å²) in [5.41, 5.74) is 1.60. The summed E-state index contributed by atoms with van der Waals surface area (Å²) in [6.07, 6.45) is -4.10. The second-order valence-corrected chi connectivity index (χ2v) is 11.3. The third-order valence-corrected chi connectivity index (χ3v) is 7.80. The Kier molecular flexibility index (Phi) is 9.71. The van der Waals surface area contributed by atoms with E-state index in [9.17, 15) is 22.8 Å². The lowest BCUT2D eigenvalue weighted by atomic mass is 9.99. The average molecular weight is 603 g/mol. The number of aryl methyl sites for hydroxylation is 1. The van der Waals surface area contributed by atoms with Gasteiger partial charge in [0.05, 0.1) is 11.6 Å². The molecule has 10 heteroatoms. The van der Waals surface area contributed by atoms with E-state index >= 15 is 0 Å². The molecule has 216 valence electrons. The van der Waals surface area contributed by atoms with Crippen LogP contribution in [0.5, 0.6) is 0 Å². The minimum absolute atomic E-state index is 0.00430. The van der Waals surface area contributed by atoms with E-state index in [4.69, 9.17) is 16.0 Å². The number of carbonyl (C=O) groups is 2. The molecule has 0 aliphatic carbocycles. The summed E-state index contributed by atoms with van der Waals surface area (Å²) in [5, 5.41) is 6.49. The average Bonchev–Trinajstić information content (AvgIpc) is 3.28. The first-order valence-electron chi connectivity index (χ1n) is 13.2. The number of amides is 2. The Morgan fingerprint density at radius 3 is 2.39 bits per heavy atom. The number of thioether (sulfide) groups is 1. The Hall–Kier alpha value is -3.43. The standard InChI is InChI=1S/C31H30ClF3N2O3S/c1-4-24-25-13-9-21(15-29(25)40-28(24)14-20-6-10-22(32)16-26(20)31(33,34)35)30(39)37-27(17-36-18(3)38)19-7-11-23(12-8-19)41-5-2/h6-13,15-16,27H,4-5,14,17H2,1-3H3,(H,36,38)(H,37,39). The highest BCUT2D eigenvalue weighted by Gasteiger charge is 2.34. The van der Waals surface area contributed by atoms with E-state index in [1.54, 1.807) is 30.0 Å². The zero-order valence-electron chi connectivity index (χ0n) is 22.8. The Morgan fingerprint density at radius 1 is 1.02 bits per heavy atom. The van der Waals surface area contributed by atoms with Crippen molar-refractivity contribution in [2.45, 2.75) is 50.7 Å². The van der Waals surface area contributed by atoms with Crippen molar-refractivity contribution in [2.75, 3.05) is 12.3 Å². The molecule has 0 radical (unpaired) electrons. The first kappa shape index (κ1) is 30.5. The van der Waals surface area contributed by atoms with Gasteiger partial charge in [-0.25, -0.2) is 0 Å². The second kappa shape index (κ2) is 13.0. The number of hydrogen-bond donors (Lipinski definition) is 2. The summed E-state index contributed by atoms with van der Waals surface area (Å²) in [6, 6.07) is 16.0. The van der Waals surface area contributed by atoms with Crippen molar-refractivity contribution in [1.82, 2.24) is 10.6 Å². The highest BCUT2D eigenvalue weighted by atomic mass is 35.5.